The molecule has 5 heteroatoms. The van der Waals surface area contributed by atoms with Crippen LogP contribution in [-0.4, -0.2) is 41.7 Å². The first kappa shape index (κ1) is 13.7. The number of methoxy groups -OCH3 is 1. The average Bonchev–Trinajstić information content (AvgIpc) is 2.37. The number of ether oxygens (including phenoxy) is 1. The van der Waals surface area contributed by atoms with Gasteiger partial charge in [0.25, 0.3) is 5.91 Å². The lowest BCUT2D eigenvalue weighted by Gasteiger charge is -2.36. The fourth-order valence-corrected chi connectivity index (χ4v) is 2.25. The average molecular weight is 264 g/mol. The zero-order valence-corrected chi connectivity index (χ0v) is 11.3. The third-order valence-corrected chi connectivity index (χ3v) is 3.58. The number of rotatable bonds is 2. The molecular formula is C14H20N2O3. The number of carbonyl (C=O) groups is 1. The lowest BCUT2D eigenvalue weighted by atomic mass is 9.93. The van der Waals surface area contributed by atoms with Crippen molar-refractivity contribution in [1.82, 2.24) is 4.90 Å². The second kappa shape index (κ2) is 5.09. The topological polar surface area (TPSA) is 75.8 Å². The standard InChI is InChI=1S/C14H20N2O3/c1-14(18)5-7-16(8-6-14)13(17)11-4-3-10(15)9-12(11)19-2/h3-4,9,18H,5-8,15H2,1-2H3. The lowest BCUT2D eigenvalue weighted by molar-refractivity contribution is -0.00208. The molecule has 0 spiro atoms. The van der Waals surface area contributed by atoms with Gasteiger partial charge in [0, 0.05) is 24.8 Å². The number of likely N-dealkylation sites (tertiary alicyclic amines) is 1. The summed E-state index contributed by atoms with van der Waals surface area (Å²) in [5, 5.41) is 9.90. The fourth-order valence-electron chi connectivity index (χ4n) is 2.25. The van der Waals surface area contributed by atoms with Crippen molar-refractivity contribution in [3.8, 4) is 5.75 Å². The Bertz CT molecular complexity index is 476. The van der Waals surface area contributed by atoms with Crippen LogP contribution in [0.3, 0.4) is 0 Å². The van der Waals surface area contributed by atoms with Crippen molar-refractivity contribution < 1.29 is 14.6 Å². The summed E-state index contributed by atoms with van der Waals surface area (Å²) in [5.41, 5.74) is 6.09. The summed E-state index contributed by atoms with van der Waals surface area (Å²) >= 11 is 0. The molecule has 0 saturated carbocycles. The number of hydrogen-bond donors (Lipinski definition) is 2. The third-order valence-electron chi connectivity index (χ3n) is 3.58. The minimum Gasteiger partial charge on any atom is -0.496 e. The van der Waals surface area contributed by atoms with Crippen LogP contribution in [0.2, 0.25) is 0 Å². The maximum Gasteiger partial charge on any atom is 0.257 e. The number of piperidine rings is 1. The second-order valence-corrected chi connectivity index (χ2v) is 5.25. The Morgan fingerprint density at radius 3 is 2.63 bits per heavy atom. The van der Waals surface area contributed by atoms with Gasteiger partial charge in [0.15, 0.2) is 0 Å². The van der Waals surface area contributed by atoms with E-state index in [9.17, 15) is 9.90 Å². The normalized spacial score (nSPS) is 18.2. The number of anilines is 1. The fraction of sp³-hybridized carbons (Fsp3) is 0.500. The predicted molar refractivity (Wildman–Crippen MR) is 73.2 cm³/mol. The molecule has 1 amide bonds. The maximum atomic E-state index is 12.4. The van der Waals surface area contributed by atoms with Gasteiger partial charge in [0.2, 0.25) is 0 Å². The minimum absolute atomic E-state index is 0.0765. The van der Waals surface area contributed by atoms with E-state index in [1.54, 1.807) is 30.0 Å². The van der Waals surface area contributed by atoms with Gasteiger partial charge in [-0.3, -0.25) is 4.79 Å². The van der Waals surface area contributed by atoms with Gasteiger partial charge in [0.05, 0.1) is 18.3 Å². The molecule has 1 saturated heterocycles. The summed E-state index contributed by atoms with van der Waals surface area (Å²) in [6.45, 7) is 2.91. The maximum absolute atomic E-state index is 12.4. The van der Waals surface area contributed by atoms with E-state index < -0.39 is 5.60 Å². The van der Waals surface area contributed by atoms with E-state index in [4.69, 9.17) is 10.5 Å². The van der Waals surface area contributed by atoms with E-state index in [1.165, 1.54) is 7.11 Å². The van der Waals surface area contributed by atoms with Gasteiger partial charge in [-0.1, -0.05) is 0 Å². The molecule has 5 nitrogen and oxygen atoms in total. The van der Waals surface area contributed by atoms with Crippen LogP contribution in [0.5, 0.6) is 5.75 Å². The quantitative estimate of drug-likeness (QED) is 0.789. The second-order valence-electron chi connectivity index (χ2n) is 5.25. The van der Waals surface area contributed by atoms with Crippen LogP contribution in [0.1, 0.15) is 30.1 Å². The van der Waals surface area contributed by atoms with Crippen molar-refractivity contribution in [2.75, 3.05) is 25.9 Å². The Labute approximate surface area is 113 Å². The van der Waals surface area contributed by atoms with Gasteiger partial charge in [-0.2, -0.15) is 0 Å². The number of amides is 1. The summed E-state index contributed by atoms with van der Waals surface area (Å²) < 4.78 is 5.20. The van der Waals surface area contributed by atoms with Crippen LogP contribution >= 0.6 is 0 Å². The van der Waals surface area contributed by atoms with E-state index in [0.29, 0.717) is 42.9 Å². The smallest absolute Gasteiger partial charge is 0.257 e. The number of nitrogens with two attached hydrogens (primary N) is 1. The molecular weight excluding hydrogens is 244 g/mol. The van der Waals surface area contributed by atoms with Crippen LogP contribution in [0, 0.1) is 0 Å². The first-order chi connectivity index (χ1) is 8.93. The SMILES string of the molecule is COc1cc(N)ccc1C(=O)N1CCC(C)(O)CC1. The van der Waals surface area contributed by atoms with Gasteiger partial charge in [0.1, 0.15) is 5.75 Å². The molecule has 1 heterocycles. The van der Waals surface area contributed by atoms with Crippen molar-refractivity contribution in [2.24, 2.45) is 0 Å². The third kappa shape index (κ3) is 2.98. The number of benzene rings is 1. The zero-order chi connectivity index (χ0) is 14.0. The minimum atomic E-state index is -0.665. The molecule has 1 aromatic carbocycles. The van der Waals surface area contributed by atoms with Crippen molar-refractivity contribution in [1.29, 1.82) is 0 Å². The van der Waals surface area contributed by atoms with Crippen LogP contribution < -0.4 is 10.5 Å². The highest BCUT2D eigenvalue weighted by atomic mass is 16.5. The summed E-state index contributed by atoms with van der Waals surface area (Å²) in [6.07, 6.45) is 1.19. The molecule has 0 bridgehead atoms. The molecule has 19 heavy (non-hydrogen) atoms. The van der Waals surface area contributed by atoms with Crippen molar-refractivity contribution in [2.45, 2.75) is 25.4 Å². The van der Waals surface area contributed by atoms with Crippen molar-refractivity contribution in [3.05, 3.63) is 23.8 Å². The summed E-state index contributed by atoms with van der Waals surface area (Å²) in [7, 11) is 1.52. The number of hydrogen-bond acceptors (Lipinski definition) is 4. The van der Waals surface area contributed by atoms with Gasteiger partial charge >= 0.3 is 0 Å². The molecule has 3 N–H and O–H groups in total. The molecule has 104 valence electrons. The molecule has 0 aromatic heterocycles. The summed E-state index contributed by atoms with van der Waals surface area (Å²) in [4.78, 5) is 14.2. The van der Waals surface area contributed by atoms with Crippen molar-refractivity contribution >= 4 is 11.6 Å². The molecule has 0 aliphatic carbocycles. The van der Waals surface area contributed by atoms with Crippen LogP contribution in [0.4, 0.5) is 5.69 Å². The predicted octanol–water partition coefficient (Wildman–Crippen LogP) is 1.26. The van der Waals surface area contributed by atoms with E-state index in [0.717, 1.165) is 0 Å². The number of carbonyl (C=O) groups excluding carboxylic acids is 1. The molecule has 0 atom stereocenters. The van der Waals surface area contributed by atoms with Gasteiger partial charge in [-0.05, 0) is 31.9 Å². The molecule has 1 aliphatic heterocycles. The largest absolute Gasteiger partial charge is 0.496 e. The van der Waals surface area contributed by atoms with Crippen LogP contribution in [-0.2, 0) is 0 Å². The number of nitrogens with zero attached hydrogens (tertiary/aromatic N) is 1. The summed E-state index contributed by atoms with van der Waals surface area (Å²) in [5.74, 6) is 0.412. The molecule has 1 fully saturated rings. The van der Waals surface area contributed by atoms with E-state index in [-0.39, 0.29) is 5.91 Å². The Hall–Kier alpha value is -1.75. The first-order valence-electron chi connectivity index (χ1n) is 6.38. The molecule has 2 rings (SSSR count). The zero-order valence-electron chi connectivity index (χ0n) is 11.3. The highest BCUT2D eigenvalue weighted by Crippen LogP contribution is 2.26. The van der Waals surface area contributed by atoms with Crippen LogP contribution in [0.15, 0.2) is 18.2 Å². The highest BCUT2D eigenvalue weighted by Gasteiger charge is 2.30. The highest BCUT2D eigenvalue weighted by molar-refractivity contribution is 5.97. The summed E-state index contributed by atoms with van der Waals surface area (Å²) in [6, 6.07) is 5.02. The lowest BCUT2D eigenvalue weighted by Crippen LogP contribution is -2.45. The Kier molecular flexibility index (Phi) is 3.66. The molecule has 1 aromatic rings. The Morgan fingerprint density at radius 1 is 1.42 bits per heavy atom. The Morgan fingerprint density at radius 2 is 2.05 bits per heavy atom. The molecule has 0 radical (unpaired) electrons. The van der Waals surface area contributed by atoms with E-state index in [2.05, 4.69) is 0 Å². The van der Waals surface area contributed by atoms with E-state index >= 15 is 0 Å². The van der Waals surface area contributed by atoms with Crippen LogP contribution in [0.25, 0.3) is 0 Å². The first-order valence-corrected chi connectivity index (χ1v) is 6.38. The van der Waals surface area contributed by atoms with Gasteiger partial charge < -0.3 is 20.5 Å². The van der Waals surface area contributed by atoms with Gasteiger partial charge in [-0.25, -0.2) is 0 Å². The van der Waals surface area contributed by atoms with E-state index in [1.807, 2.05) is 0 Å². The monoisotopic (exact) mass is 264 g/mol. The number of aliphatic hydroxyl groups is 1. The van der Waals surface area contributed by atoms with Crippen molar-refractivity contribution in [3.63, 3.8) is 0 Å². The number of nitrogen functional groups attached to an aromatic ring is 1. The molecule has 0 unspecified atom stereocenters. The van der Waals surface area contributed by atoms with Gasteiger partial charge in [-0.15, -0.1) is 0 Å². The Balaban J connectivity index is 2.16. The molecule has 1 aliphatic rings.